The van der Waals surface area contributed by atoms with Gasteiger partial charge in [0.05, 0.1) is 12.2 Å². The standard InChI is InChI=1S/C23H24F2N6OS/c1-2-14-8-6-7-11-17(14)28-23(33)30-29-22(32)16-13-26-31-19(20(24)25)12-18(27-21(16)31)15-9-4-3-5-10-15/h3-11,13,18-20,27H,2,12H2,1H3,(H,29,32)(H2,28,30,33)/t18-,19-/m0/s1. The van der Waals surface area contributed by atoms with E-state index in [0.29, 0.717) is 0 Å². The van der Waals surface area contributed by atoms with Crippen molar-refractivity contribution in [3.05, 3.63) is 77.5 Å². The van der Waals surface area contributed by atoms with Crippen molar-refractivity contribution in [2.24, 2.45) is 0 Å². The maximum atomic E-state index is 13.8. The van der Waals surface area contributed by atoms with Crippen LogP contribution >= 0.6 is 12.2 Å². The monoisotopic (exact) mass is 470 g/mol. The summed E-state index contributed by atoms with van der Waals surface area (Å²) in [6, 6.07) is 15.5. The Morgan fingerprint density at radius 2 is 1.91 bits per heavy atom. The minimum absolute atomic E-state index is 0.144. The number of hydrogen-bond acceptors (Lipinski definition) is 4. The number of halogens is 2. The summed E-state index contributed by atoms with van der Waals surface area (Å²) in [5.74, 6) is -0.298. The highest BCUT2D eigenvalue weighted by Crippen LogP contribution is 2.39. The number of aryl methyl sites for hydroxylation is 1. The highest BCUT2D eigenvalue weighted by Gasteiger charge is 2.36. The van der Waals surface area contributed by atoms with Gasteiger partial charge in [0.25, 0.3) is 12.3 Å². The fraction of sp³-hybridized carbons (Fsp3) is 0.261. The summed E-state index contributed by atoms with van der Waals surface area (Å²) in [6.45, 7) is 2.03. The van der Waals surface area contributed by atoms with E-state index < -0.39 is 18.4 Å². The molecule has 0 radical (unpaired) electrons. The van der Waals surface area contributed by atoms with Gasteiger partial charge in [-0.15, -0.1) is 0 Å². The number of nitrogens with zero attached hydrogens (tertiary/aromatic N) is 2. The van der Waals surface area contributed by atoms with Crippen LogP contribution < -0.4 is 21.5 Å². The van der Waals surface area contributed by atoms with Gasteiger partial charge >= 0.3 is 0 Å². The summed E-state index contributed by atoms with van der Waals surface area (Å²) >= 11 is 5.28. The number of benzene rings is 2. The van der Waals surface area contributed by atoms with Gasteiger partial charge in [-0.2, -0.15) is 5.10 Å². The van der Waals surface area contributed by atoms with E-state index in [1.54, 1.807) is 0 Å². The zero-order valence-corrected chi connectivity index (χ0v) is 18.7. The second-order valence-corrected chi connectivity index (χ2v) is 8.05. The summed E-state index contributed by atoms with van der Waals surface area (Å²) < 4.78 is 28.8. The highest BCUT2D eigenvalue weighted by molar-refractivity contribution is 7.80. The van der Waals surface area contributed by atoms with Crippen molar-refractivity contribution in [2.45, 2.75) is 38.3 Å². The van der Waals surface area contributed by atoms with Gasteiger partial charge in [0.1, 0.15) is 17.4 Å². The minimum atomic E-state index is -2.62. The number of para-hydroxylation sites is 1. The van der Waals surface area contributed by atoms with Crippen molar-refractivity contribution in [1.29, 1.82) is 0 Å². The van der Waals surface area contributed by atoms with Crippen LogP contribution in [-0.4, -0.2) is 27.2 Å². The Hall–Kier alpha value is -3.53. The lowest BCUT2D eigenvalue weighted by atomic mass is 9.97. The number of thiocarbonyl (C=S) groups is 1. The predicted molar refractivity (Wildman–Crippen MR) is 127 cm³/mol. The average Bonchev–Trinajstić information content (AvgIpc) is 3.27. The average molecular weight is 471 g/mol. The molecule has 3 aromatic rings. The molecule has 2 heterocycles. The van der Waals surface area contributed by atoms with Gasteiger partial charge in [0.15, 0.2) is 5.11 Å². The van der Waals surface area contributed by atoms with E-state index in [0.717, 1.165) is 23.2 Å². The van der Waals surface area contributed by atoms with Gasteiger partial charge in [0.2, 0.25) is 0 Å². The van der Waals surface area contributed by atoms with Gasteiger partial charge in [-0.1, -0.05) is 55.5 Å². The van der Waals surface area contributed by atoms with Crippen molar-refractivity contribution in [1.82, 2.24) is 20.6 Å². The van der Waals surface area contributed by atoms with Crippen LogP contribution in [0, 0.1) is 0 Å². The lowest BCUT2D eigenvalue weighted by molar-refractivity contribution is 0.0656. The summed E-state index contributed by atoms with van der Waals surface area (Å²) in [4.78, 5) is 12.8. The number of hydrazine groups is 1. The molecule has 1 aliphatic heterocycles. The molecule has 0 unspecified atom stereocenters. The second-order valence-electron chi connectivity index (χ2n) is 7.64. The van der Waals surface area contributed by atoms with Gasteiger partial charge in [-0.05, 0) is 42.3 Å². The molecule has 0 bridgehead atoms. The van der Waals surface area contributed by atoms with Crippen LogP contribution in [0.2, 0.25) is 0 Å². The Bertz CT molecular complexity index is 1140. The zero-order valence-electron chi connectivity index (χ0n) is 17.9. The third-order valence-electron chi connectivity index (χ3n) is 5.57. The molecule has 0 saturated heterocycles. The molecule has 172 valence electrons. The summed E-state index contributed by atoms with van der Waals surface area (Å²) in [5.41, 5.74) is 8.10. The molecule has 7 nitrogen and oxygen atoms in total. The smallest absolute Gasteiger partial charge is 0.275 e. The Kier molecular flexibility index (Phi) is 6.83. The number of carbonyl (C=O) groups is 1. The maximum Gasteiger partial charge on any atom is 0.275 e. The van der Waals surface area contributed by atoms with Crippen molar-refractivity contribution in [3.63, 3.8) is 0 Å². The molecule has 4 N–H and O–H groups in total. The fourth-order valence-corrected chi connectivity index (χ4v) is 4.05. The first kappa shape index (κ1) is 22.7. The number of nitrogens with one attached hydrogen (secondary N) is 4. The third-order valence-corrected chi connectivity index (χ3v) is 5.78. The Labute approximate surface area is 195 Å². The van der Waals surface area contributed by atoms with Crippen LogP contribution in [0.1, 0.15) is 46.9 Å². The van der Waals surface area contributed by atoms with Gasteiger partial charge in [0, 0.05) is 5.69 Å². The molecule has 1 aromatic heterocycles. The third kappa shape index (κ3) is 4.95. The number of amides is 1. The number of fused-ring (bicyclic) bond motifs is 1. The van der Waals surface area contributed by atoms with Crippen molar-refractivity contribution < 1.29 is 13.6 Å². The first-order chi connectivity index (χ1) is 16.0. The molecule has 2 atom stereocenters. The SMILES string of the molecule is CCc1ccccc1NC(=S)NNC(=O)c1cnn2c1N[C@H](c1ccccc1)C[C@H]2C(F)F. The number of carbonyl (C=O) groups excluding carboxylic acids is 1. The van der Waals surface area contributed by atoms with Crippen molar-refractivity contribution >= 4 is 34.7 Å². The molecular weight excluding hydrogens is 446 g/mol. The second kappa shape index (κ2) is 9.95. The number of hydrogen-bond donors (Lipinski definition) is 4. The van der Waals surface area contributed by atoms with Crippen LogP contribution in [0.3, 0.4) is 0 Å². The van der Waals surface area contributed by atoms with Gasteiger partial charge in [-0.3, -0.25) is 15.6 Å². The molecule has 33 heavy (non-hydrogen) atoms. The van der Waals surface area contributed by atoms with E-state index >= 15 is 0 Å². The van der Waals surface area contributed by atoms with E-state index in [9.17, 15) is 13.6 Å². The number of alkyl halides is 2. The molecule has 2 aromatic carbocycles. The topological polar surface area (TPSA) is 83.0 Å². The molecule has 1 amide bonds. The Morgan fingerprint density at radius 1 is 1.18 bits per heavy atom. The summed E-state index contributed by atoms with van der Waals surface area (Å²) in [5, 5.41) is 10.5. The summed E-state index contributed by atoms with van der Waals surface area (Å²) in [6.07, 6.45) is -0.368. The first-order valence-corrected chi connectivity index (χ1v) is 11.0. The van der Waals surface area contributed by atoms with E-state index in [2.05, 4.69) is 26.6 Å². The van der Waals surface area contributed by atoms with Crippen LogP contribution in [0.25, 0.3) is 0 Å². The highest BCUT2D eigenvalue weighted by atomic mass is 32.1. The molecule has 1 aliphatic rings. The predicted octanol–water partition coefficient (Wildman–Crippen LogP) is 4.44. The molecule has 10 heteroatoms. The van der Waals surface area contributed by atoms with Crippen LogP contribution in [0.15, 0.2) is 60.8 Å². The summed E-state index contributed by atoms with van der Waals surface area (Å²) in [7, 11) is 0. The lowest BCUT2D eigenvalue weighted by Gasteiger charge is -2.32. The van der Waals surface area contributed by atoms with Crippen LogP contribution in [0.5, 0.6) is 0 Å². The first-order valence-electron chi connectivity index (χ1n) is 10.6. The lowest BCUT2D eigenvalue weighted by Crippen LogP contribution is -2.44. The molecule has 0 fully saturated rings. The molecular formula is C23H24F2N6OS. The van der Waals surface area contributed by atoms with Crippen LogP contribution in [-0.2, 0) is 6.42 Å². The zero-order chi connectivity index (χ0) is 23.4. The van der Waals surface area contributed by atoms with Crippen LogP contribution in [0.4, 0.5) is 20.3 Å². The van der Waals surface area contributed by atoms with E-state index in [-0.39, 0.29) is 29.0 Å². The van der Waals surface area contributed by atoms with E-state index in [1.807, 2.05) is 61.5 Å². The van der Waals surface area contributed by atoms with E-state index in [1.165, 1.54) is 10.9 Å². The van der Waals surface area contributed by atoms with Gasteiger partial charge < -0.3 is 10.6 Å². The fourth-order valence-electron chi connectivity index (χ4n) is 3.89. The number of anilines is 2. The van der Waals surface area contributed by atoms with Crippen molar-refractivity contribution in [2.75, 3.05) is 10.6 Å². The quantitative estimate of drug-likeness (QED) is 0.326. The number of rotatable bonds is 5. The van der Waals surface area contributed by atoms with Crippen molar-refractivity contribution in [3.8, 4) is 0 Å². The number of aromatic nitrogens is 2. The maximum absolute atomic E-state index is 13.8. The van der Waals surface area contributed by atoms with Gasteiger partial charge in [-0.25, -0.2) is 13.5 Å². The largest absolute Gasteiger partial charge is 0.363 e. The molecule has 4 rings (SSSR count). The minimum Gasteiger partial charge on any atom is -0.363 e. The molecule has 0 saturated carbocycles. The molecule has 0 aliphatic carbocycles. The Balaban J connectivity index is 1.48. The molecule has 0 spiro atoms. The van der Waals surface area contributed by atoms with E-state index in [4.69, 9.17) is 12.2 Å². The normalized spacial score (nSPS) is 17.1. The Morgan fingerprint density at radius 3 is 2.64 bits per heavy atom.